The van der Waals surface area contributed by atoms with Gasteiger partial charge in [0.15, 0.2) is 28.4 Å². The number of nitrogens with zero attached hydrogens (tertiary/aromatic N) is 1. The molecule has 150 valence electrons. The van der Waals surface area contributed by atoms with Gasteiger partial charge in [0.05, 0.1) is 11.3 Å². The van der Waals surface area contributed by atoms with Crippen LogP contribution in [0.5, 0.6) is 0 Å². The zero-order valence-electron chi connectivity index (χ0n) is 14.4. The largest absolute Gasteiger partial charge is 0.326 e. The van der Waals surface area contributed by atoms with Crippen molar-refractivity contribution in [1.29, 1.82) is 0 Å². The van der Waals surface area contributed by atoms with Gasteiger partial charge < -0.3 is 5.32 Å². The summed E-state index contributed by atoms with van der Waals surface area (Å²) in [6.45, 7) is 1.27. The molecule has 5 nitrogen and oxygen atoms in total. The molecule has 2 aromatic carbocycles. The lowest BCUT2D eigenvalue weighted by Crippen LogP contribution is -2.16. The van der Waals surface area contributed by atoms with Crippen LogP contribution < -0.4 is 10.6 Å². The Labute approximate surface area is 164 Å². The third-order valence-electron chi connectivity index (χ3n) is 3.64. The van der Waals surface area contributed by atoms with Gasteiger partial charge in [0.2, 0.25) is 5.91 Å². The summed E-state index contributed by atoms with van der Waals surface area (Å²) < 4.78 is 67.5. The summed E-state index contributed by atoms with van der Waals surface area (Å²) in [5, 5.41) is 5.80. The number of rotatable bonds is 4. The van der Waals surface area contributed by atoms with Crippen molar-refractivity contribution >= 4 is 34.0 Å². The Bertz CT molecular complexity index is 1130. The highest BCUT2D eigenvalue weighted by Gasteiger charge is 2.23. The first-order valence-corrected chi connectivity index (χ1v) is 8.72. The van der Waals surface area contributed by atoms with E-state index in [9.17, 15) is 31.5 Å². The van der Waals surface area contributed by atoms with Gasteiger partial charge in [-0.3, -0.25) is 14.9 Å². The fraction of sp³-hybridized carbons (Fsp3) is 0.0556. The van der Waals surface area contributed by atoms with Crippen molar-refractivity contribution in [2.75, 3.05) is 10.6 Å². The third-order valence-corrected chi connectivity index (χ3v) is 4.40. The number of benzene rings is 2. The van der Waals surface area contributed by atoms with E-state index in [2.05, 4.69) is 15.6 Å². The van der Waals surface area contributed by atoms with Crippen LogP contribution in [0.3, 0.4) is 0 Å². The number of hydrogen-bond donors (Lipinski definition) is 2. The van der Waals surface area contributed by atoms with Gasteiger partial charge in [-0.1, -0.05) is 0 Å². The molecule has 1 aromatic heterocycles. The van der Waals surface area contributed by atoms with Gasteiger partial charge in [-0.25, -0.2) is 26.9 Å². The Kier molecular flexibility index (Phi) is 5.59. The number of thiazole rings is 1. The Balaban J connectivity index is 1.83. The minimum absolute atomic E-state index is 0.0564. The lowest BCUT2D eigenvalue weighted by atomic mass is 10.1. The van der Waals surface area contributed by atoms with Gasteiger partial charge in [0.25, 0.3) is 5.91 Å². The second kappa shape index (κ2) is 7.95. The summed E-state index contributed by atoms with van der Waals surface area (Å²) in [7, 11) is 0. The highest BCUT2D eigenvalue weighted by atomic mass is 32.1. The first-order valence-electron chi connectivity index (χ1n) is 7.84. The van der Waals surface area contributed by atoms with Crippen molar-refractivity contribution in [3.05, 3.63) is 64.3 Å². The molecule has 2 N–H and O–H groups in total. The zero-order chi connectivity index (χ0) is 21.3. The molecule has 29 heavy (non-hydrogen) atoms. The smallest absolute Gasteiger partial charge is 0.260 e. The SMILES string of the molecule is CC(=O)Nc1ccc(-c2csc(NC(=O)c3cc(F)c(F)c(F)c3F)n2)c(F)c1. The van der Waals surface area contributed by atoms with Gasteiger partial charge in [-0.2, -0.15) is 0 Å². The molecule has 3 aromatic rings. The number of carbonyl (C=O) groups excluding carboxylic acids is 2. The molecular formula is C18H10F5N3O2S. The van der Waals surface area contributed by atoms with E-state index in [0.717, 1.165) is 17.4 Å². The minimum Gasteiger partial charge on any atom is -0.326 e. The molecule has 0 atom stereocenters. The van der Waals surface area contributed by atoms with E-state index in [4.69, 9.17) is 0 Å². The maximum Gasteiger partial charge on any atom is 0.260 e. The second-order valence-corrected chi connectivity index (χ2v) is 6.57. The first kappa shape index (κ1) is 20.4. The summed E-state index contributed by atoms with van der Waals surface area (Å²) >= 11 is 0.845. The maximum absolute atomic E-state index is 14.3. The number of amides is 2. The predicted octanol–water partition coefficient (Wildman–Crippen LogP) is 4.72. The van der Waals surface area contributed by atoms with Crippen LogP contribution in [0.1, 0.15) is 17.3 Å². The molecule has 0 radical (unpaired) electrons. The van der Waals surface area contributed by atoms with E-state index >= 15 is 0 Å². The standard InChI is InChI=1S/C18H10F5N3O2S/c1-7(27)24-8-2-3-9(11(19)4-8)13-6-29-18(25-13)26-17(28)10-5-12(20)15(22)16(23)14(10)21/h2-6H,1H3,(H,24,27)(H,25,26,28). The van der Waals surface area contributed by atoms with Gasteiger partial charge >= 0.3 is 0 Å². The summed E-state index contributed by atoms with van der Waals surface area (Å²) in [5.41, 5.74) is -0.641. The van der Waals surface area contributed by atoms with Gasteiger partial charge in [0.1, 0.15) is 5.82 Å². The number of carbonyl (C=O) groups is 2. The molecule has 11 heteroatoms. The van der Waals surface area contributed by atoms with Crippen LogP contribution in [0.15, 0.2) is 29.6 Å². The fourth-order valence-electron chi connectivity index (χ4n) is 2.36. The van der Waals surface area contributed by atoms with Gasteiger partial charge in [0, 0.05) is 23.6 Å². The lowest BCUT2D eigenvalue weighted by molar-refractivity contribution is -0.114. The van der Waals surface area contributed by atoms with Crippen molar-refractivity contribution in [3.63, 3.8) is 0 Å². The number of aromatic nitrogens is 1. The van der Waals surface area contributed by atoms with E-state index in [0.29, 0.717) is 0 Å². The lowest BCUT2D eigenvalue weighted by Gasteiger charge is -2.06. The van der Waals surface area contributed by atoms with E-state index in [1.807, 2.05) is 0 Å². The van der Waals surface area contributed by atoms with Crippen LogP contribution in [0.25, 0.3) is 11.3 Å². The fourth-order valence-corrected chi connectivity index (χ4v) is 3.07. The topological polar surface area (TPSA) is 71.1 Å². The Morgan fingerprint density at radius 2 is 1.66 bits per heavy atom. The summed E-state index contributed by atoms with van der Waals surface area (Å²) in [6.07, 6.45) is 0. The normalized spacial score (nSPS) is 10.7. The second-order valence-electron chi connectivity index (χ2n) is 5.72. The zero-order valence-corrected chi connectivity index (χ0v) is 15.3. The number of halogens is 5. The highest BCUT2D eigenvalue weighted by Crippen LogP contribution is 2.29. The molecule has 0 aliphatic heterocycles. The van der Waals surface area contributed by atoms with Crippen LogP contribution in [-0.2, 0) is 4.79 Å². The average Bonchev–Trinajstić information content (AvgIpc) is 3.10. The van der Waals surface area contributed by atoms with Crippen LogP contribution >= 0.6 is 11.3 Å². The molecule has 0 bridgehead atoms. The minimum atomic E-state index is -2.11. The van der Waals surface area contributed by atoms with Crippen LogP contribution in [0.2, 0.25) is 0 Å². The molecule has 0 aliphatic rings. The summed E-state index contributed by atoms with van der Waals surface area (Å²) in [5.74, 6) is -10.1. The highest BCUT2D eigenvalue weighted by molar-refractivity contribution is 7.14. The molecular weight excluding hydrogens is 417 g/mol. The van der Waals surface area contributed by atoms with Crippen LogP contribution in [-0.4, -0.2) is 16.8 Å². The third kappa shape index (κ3) is 4.24. The molecule has 1 heterocycles. The number of nitrogens with one attached hydrogen (secondary N) is 2. The van der Waals surface area contributed by atoms with Crippen molar-refractivity contribution in [2.24, 2.45) is 0 Å². The van der Waals surface area contributed by atoms with Gasteiger partial charge in [-0.15, -0.1) is 11.3 Å². The molecule has 3 rings (SSSR count). The molecule has 0 saturated heterocycles. The van der Waals surface area contributed by atoms with Crippen LogP contribution in [0, 0.1) is 29.1 Å². The monoisotopic (exact) mass is 427 g/mol. The van der Waals surface area contributed by atoms with Crippen molar-refractivity contribution in [2.45, 2.75) is 6.92 Å². The first-order chi connectivity index (χ1) is 13.7. The van der Waals surface area contributed by atoms with E-state index < -0.39 is 40.6 Å². The van der Waals surface area contributed by atoms with Gasteiger partial charge in [-0.05, 0) is 24.3 Å². The van der Waals surface area contributed by atoms with Crippen molar-refractivity contribution in [3.8, 4) is 11.3 Å². The molecule has 0 fully saturated rings. The Hall–Kier alpha value is -3.34. The molecule has 0 spiro atoms. The maximum atomic E-state index is 14.3. The van der Waals surface area contributed by atoms with Crippen molar-refractivity contribution in [1.82, 2.24) is 4.98 Å². The Morgan fingerprint density at radius 1 is 0.931 bits per heavy atom. The number of anilines is 2. The average molecular weight is 427 g/mol. The molecule has 0 unspecified atom stereocenters. The molecule has 0 saturated carbocycles. The summed E-state index contributed by atoms with van der Waals surface area (Å²) in [4.78, 5) is 27.0. The summed E-state index contributed by atoms with van der Waals surface area (Å²) in [6, 6.07) is 4.09. The Morgan fingerprint density at radius 3 is 2.31 bits per heavy atom. The van der Waals surface area contributed by atoms with E-state index in [-0.39, 0.29) is 34.0 Å². The van der Waals surface area contributed by atoms with Crippen molar-refractivity contribution < 1.29 is 31.5 Å². The van der Waals surface area contributed by atoms with Crippen LogP contribution in [0.4, 0.5) is 32.8 Å². The quantitative estimate of drug-likeness (QED) is 0.360. The molecule has 2 amide bonds. The van der Waals surface area contributed by atoms with E-state index in [1.165, 1.54) is 24.4 Å². The van der Waals surface area contributed by atoms with E-state index in [1.54, 1.807) is 0 Å². The number of hydrogen-bond acceptors (Lipinski definition) is 4. The predicted molar refractivity (Wildman–Crippen MR) is 96.0 cm³/mol. The molecule has 0 aliphatic carbocycles.